The summed E-state index contributed by atoms with van der Waals surface area (Å²) in [5.74, 6) is -1.97. The maximum absolute atomic E-state index is 12.5. The van der Waals surface area contributed by atoms with E-state index in [0.717, 1.165) is 5.01 Å². The standard InChI is InChI=1S/C16H11N5O7S/c1-9-14(16(23)20(19-9)10-5-3-2-4-6-10)18-17-12-7-11(21(24)25)8-13(15(12)22)29(26,27)28/h2-8H,1H3,(H,26,27,28)/q-2. The molecule has 3 rings (SSSR count). The number of nitrogens with zero attached hydrogens (tertiary/aromatic N) is 5. The smallest absolute Gasteiger partial charge is 0.301 e. The lowest BCUT2D eigenvalue weighted by atomic mass is 10.1. The Labute approximate surface area is 163 Å². The van der Waals surface area contributed by atoms with Gasteiger partial charge in [0.05, 0.1) is 11.4 Å². The van der Waals surface area contributed by atoms with Crippen LogP contribution in [0.3, 0.4) is 0 Å². The molecule has 0 saturated carbocycles. The Morgan fingerprint density at radius 2 is 1.76 bits per heavy atom. The number of rotatable bonds is 4. The molecule has 1 heterocycles. The Bertz CT molecular complexity index is 1150. The first-order valence-electron chi connectivity index (χ1n) is 7.80. The zero-order chi connectivity index (χ0) is 21.3. The predicted molar refractivity (Wildman–Crippen MR) is 103 cm³/mol. The monoisotopic (exact) mass is 417 g/mol. The molecule has 0 spiro atoms. The average Bonchev–Trinajstić information content (AvgIpc) is 2.94. The van der Waals surface area contributed by atoms with E-state index in [2.05, 4.69) is 15.3 Å². The molecule has 1 amide bonds. The maximum atomic E-state index is 12.5. The van der Waals surface area contributed by atoms with Gasteiger partial charge in [-0.3, -0.25) is 14.1 Å². The fourth-order valence-corrected chi connectivity index (χ4v) is 3.01. The van der Waals surface area contributed by atoms with Crippen molar-refractivity contribution < 1.29 is 22.6 Å². The first-order chi connectivity index (χ1) is 13.6. The third-order valence-corrected chi connectivity index (χ3v) is 4.61. The Hall–Kier alpha value is -3.52. The van der Waals surface area contributed by atoms with E-state index in [1.807, 2.05) is 0 Å². The van der Waals surface area contributed by atoms with E-state index in [4.69, 9.17) is 4.55 Å². The van der Waals surface area contributed by atoms with Crippen LogP contribution in [0.2, 0.25) is 0 Å². The van der Waals surface area contributed by atoms with Crippen molar-refractivity contribution in [1.29, 1.82) is 0 Å². The van der Waals surface area contributed by atoms with Gasteiger partial charge in [0.25, 0.3) is 10.1 Å². The molecule has 29 heavy (non-hydrogen) atoms. The topological polar surface area (TPSA) is 178 Å². The molecule has 150 valence electrons. The van der Waals surface area contributed by atoms with Gasteiger partial charge in [0.15, 0.2) is 5.71 Å². The molecule has 0 fully saturated rings. The number of para-hydroxylation sites is 1. The van der Waals surface area contributed by atoms with Gasteiger partial charge in [-0.15, -0.1) is 10.2 Å². The Morgan fingerprint density at radius 3 is 2.34 bits per heavy atom. The van der Waals surface area contributed by atoms with Crippen LogP contribution in [0.25, 0.3) is 0 Å². The third kappa shape index (κ3) is 4.02. The SMILES string of the molecule is CC1=NN(c2ccccc2)C(=O)C1=NN=C1C=C(N([O-])[O-])C=C(S(=O)(=O)O)C1=O. The molecule has 1 aromatic carbocycles. The van der Waals surface area contributed by atoms with E-state index in [9.17, 15) is 28.4 Å². The van der Waals surface area contributed by atoms with E-state index in [0.29, 0.717) is 17.8 Å². The minimum absolute atomic E-state index is 0.162. The summed E-state index contributed by atoms with van der Waals surface area (Å²) in [5.41, 5.74) is -1.16. The van der Waals surface area contributed by atoms with Gasteiger partial charge in [-0.25, -0.2) is 0 Å². The molecule has 0 aromatic heterocycles. The second-order valence-corrected chi connectivity index (χ2v) is 7.10. The molecule has 1 aliphatic carbocycles. The van der Waals surface area contributed by atoms with Crippen molar-refractivity contribution in [2.75, 3.05) is 5.01 Å². The highest BCUT2D eigenvalue weighted by atomic mass is 32.2. The van der Waals surface area contributed by atoms with Crippen LogP contribution in [-0.2, 0) is 19.7 Å². The molecule has 0 unspecified atom stereocenters. The minimum atomic E-state index is -5.04. The summed E-state index contributed by atoms with van der Waals surface area (Å²) in [4.78, 5) is 23.5. The number of hydrogen-bond acceptors (Lipinski definition) is 10. The zero-order valence-electron chi connectivity index (χ0n) is 14.6. The van der Waals surface area contributed by atoms with Crippen molar-refractivity contribution in [2.45, 2.75) is 6.92 Å². The number of ketones is 1. The van der Waals surface area contributed by atoms with E-state index < -0.39 is 43.3 Å². The minimum Gasteiger partial charge on any atom is -0.769 e. The molecule has 0 radical (unpaired) electrons. The number of anilines is 1. The molecule has 12 nitrogen and oxygen atoms in total. The maximum Gasteiger partial charge on any atom is 0.301 e. The van der Waals surface area contributed by atoms with Gasteiger partial charge < -0.3 is 15.6 Å². The molecule has 0 atom stereocenters. The molecule has 0 bridgehead atoms. The Balaban J connectivity index is 1.99. The van der Waals surface area contributed by atoms with Crippen molar-refractivity contribution in [3.63, 3.8) is 0 Å². The number of hydroxylamine groups is 2. The molecule has 1 aliphatic heterocycles. The normalized spacial score (nSPS) is 20.1. The van der Waals surface area contributed by atoms with E-state index >= 15 is 0 Å². The van der Waals surface area contributed by atoms with Crippen LogP contribution >= 0.6 is 0 Å². The number of hydrazone groups is 1. The molecule has 2 aliphatic rings. The first-order valence-corrected chi connectivity index (χ1v) is 9.24. The van der Waals surface area contributed by atoms with Crippen LogP contribution in [-0.4, -0.2) is 47.0 Å². The number of amides is 1. The van der Waals surface area contributed by atoms with Gasteiger partial charge in [0.1, 0.15) is 10.6 Å². The third-order valence-electron chi connectivity index (χ3n) is 3.75. The van der Waals surface area contributed by atoms with Crippen LogP contribution in [0.1, 0.15) is 6.92 Å². The number of carbonyl (C=O) groups is 2. The van der Waals surface area contributed by atoms with Crippen molar-refractivity contribution in [3.05, 3.63) is 63.5 Å². The lowest BCUT2D eigenvalue weighted by Gasteiger charge is -2.39. The van der Waals surface area contributed by atoms with Crippen molar-refractivity contribution in [1.82, 2.24) is 5.23 Å². The van der Waals surface area contributed by atoms with Gasteiger partial charge in [-0.1, -0.05) is 18.2 Å². The summed E-state index contributed by atoms with van der Waals surface area (Å²) >= 11 is 0. The summed E-state index contributed by atoms with van der Waals surface area (Å²) < 4.78 is 31.8. The fraction of sp³-hybridized carbons (Fsp3) is 0.0625. The highest BCUT2D eigenvalue weighted by Gasteiger charge is 2.32. The molecule has 1 aromatic rings. The van der Waals surface area contributed by atoms with Crippen molar-refractivity contribution >= 4 is 44.6 Å². The van der Waals surface area contributed by atoms with E-state index in [1.54, 1.807) is 30.3 Å². The van der Waals surface area contributed by atoms with Crippen LogP contribution < -0.4 is 5.01 Å². The largest absolute Gasteiger partial charge is 0.769 e. The lowest BCUT2D eigenvalue weighted by molar-refractivity contribution is -0.112. The fourth-order valence-electron chi connectivity index (χ4n) is 2.41. The number of carbonyl (C=O) groups excluding carboxylic acids is 2. The quantitative estimate of drug-likeness (QED) is 0.423. The second-order valence-electron chi connectivity index (χ2n) is 5.71. The molecular weight excluding hydrogens is 406 g/mol. The van der Waals surface area contributed by atoms with Crippen molar-refractivity contribution in [2.24, 2.45) is 15.3 Å². The Morgan fingerprint density at radius 1 is 1.10 bits per heavy atom. The van der Waals surface area contributed by atoms with Crippen LogP contribution in [0.5, 0.6) is 0 Å². The van der Waals surface area contributed by atoms with Gasteiger partial charge >= 0.3 is 5.91 Å². The lowest BCUT2D eigenvalue weighted by Crippen LogP contribution is -2.28. The second kappa shape index (κ2) is 7.48. The van der Waals surface area contributed by atoms with Gasteiger partial charge in [-0.05, 0) is 31.2 Å². The highest BCUT2D eigenvalue weighted by Crippen LogP contribution is 2.21. The molecule has 13 heteroatoms. The Kier molecular flexibility index (Phi) is 5.21. The zero-order valence-corrected chi connectivity index (χ0v) is 15.4. The number of Topliss-reactive ketones (excluding diaryl/α,β-unsaturated/α-hetero) is 1. The first kappa shape index (κ1) is 20.2. The number of benzene rings is 1. The molecular formula is C16H11N5O7S-2. The van der Waals surface area contributed by atoms with Crippen LogP contribution in [0.15, 0.2) is 68.4 Å². The van der Waals surface area contributed by atoms with Crippen molar-refractivity contribution in [3.8, 4) is 0 Å². The van der Waals surface area contributed by atoms with Gasteiger partial charge in [0, 0.05) is 5.70 Å². The van der Waals surface area contributed by atoms with Gasteiger partial charge in [-0.2, -0.15) is 18.5 Å². The predicted octanol–water partition coefficient (Wildman–Crippen LogP) is 0.742. The van der Waals surface area contributed by atoms with E-state index in [1.165, 1.54) is 6.92 Å². The number of hydrogen-bond donors (Lipinski definition) is 1. The number of allylic oxidation sites excluding steroid dienone is 3. The average molecular weight is 417 g/mol. The summed E-state index contributed by atoms with van der Waals surface area (Å²) in [6.07, 6.45) is 1.09. The molecule has 1 N–H and O–H groups in total. The van der Waals surface area contributed by atoms with E-state index in [-0.39, 0.29) is 11.4 Å². The van der Waals surface area contributed by atoms with Crippen LogP contribution in [0.4, 0.5) is 5.69 Å². The summed E-state index contributed by atoms with van der Waals surface area (Å²) in [5, 5.41) is 33.2. The molecule has 0 saturated heterocycles. The highest BCUT2D eigenvalue weighted by molar-refractivity contribution is 7.91. The summed E-state index contributed by atoms with van der Waals surface area (Å²) in [7, 11) is -5.04. The summed E-state index contributed by atoms with van der Waals surface area (Å²) in [6, 6.07) is 8.38. The van der Waals surface area contributed by atoms with Gasteiger partial charge in [0.2, 0.25) is 5.78 Å². The van der Waals surface area contributed by atoms with Crippen LogP contribution in [0, 0.1) is 10.4 Å². The summed E-state index contributed by atoms with van der Waals surface area (Å²) in [6.45, 7) is 1.46.